The number of hydrogen-bond donors (Lipinski definition) is 1. The molecule has 39 heavy (non-hydrogen) atoms. The Kier molecular flexibility index (Phi) is 6.52. The number of aromatic nitrogens is 4. The van der Waals surface area contributed by atoms with Gasteiger partial charge in [0.1, 0.15) is 17.9 Å². The van der Waals surface area contributed by atoms with Gasteiger partial charge in [-0.1, -0.05) is 0 Å². The predicted octanol–water partition coefficient (Wildman–Crippen LogP) is 3.28. The van der Waals surface area contributed by atoms with Crippen LogP contribution in [0.1, 0.15) is 55.7 Å². The minimum absolute atomic E-state index is 0.0177. The summed E-state index contributed by atoms with van der Waals surface area (Å²) in [6.07, 6.45) is 4.33. The first-order chi connectivity index (χ1) is 18.8. The van der Waals surface area contributed by atoms with E-state index in [-0.39, 0.29) is 40.2 Å². The van der Waals surface area contributed by atoms with Gasteiger partial charge >= 0.3 is 6.01 Å². The summed E-state index contributed by atoms with van der Waals surface area (Å²) >= 11 is 0. The average Bonchev–Trinajstić information content (AvgIpc) is 3.61. The van der Waals surface area contributed by atoms with E-state index in [1.54, 1.807) is 10.7 Å². The molecule has 0 saturated carbocycles. The average molecular weight is 542 g/mol. The highest BCUT2D eigenvalue weighted by atomic mass is 19.1. The molecule has 3 aliphatic rings. The zero-order chi connectivity index (χ0) is 27.3. The number of fused-ring (bicyclic) bond motifs is 3. The van der Waals surface area contributed by atoms with Crippen molar-refractivity contribution >= 4 is 22.6 Å². The Balaban J connectivity index is 1.37. The normalized spacial score (nSPS) is 18.5. The molecule has 3 aliphatic heterocycles. The smallest absolute Gasteiger partial charge is 0.319 e. The van der Waals surface area contributed by atoms with Crippen LogP contribution in [0.25, 0.3) is 10.9 Å². The topological polar surface area (TPSA) is 97.6 Å². The molecular formula is C27H33F2N7O3. The van der Waals surface area contributed by atoms with Crippen molar-refractivity contribution in [3.63, 3.8) is 0 Å². The Morgan fingerprint density at radius 1 is 1.10 bits per heavy atom. The van der Waals surface area contributed by atoms with Gasteiger partial charge in [-0.3, -0.25) is 14.4 Å². The lowest BCUT2D eigenvalue weighted by atomic mass is 9.95. The molecule has 1 amide bonds. The van der Waals surface area contributed by atoms with Crippen LogP contribution in [0, 0.1) is 11.6 Å². The zero-order valence-corrected chi connectivity index (χ0v) is 22.5. The molecular weight excluding hydrogens is 508 g/mol. The fourth-order valence-corrected chi connectivity index (χ4v) is 6.22. The molecule has 2 aromatic heterocycles. The minimum Gasteiger partial charge on any atom is -0.493 e. The number of rotatable bonds is 7. The summed E-state index contributed by atoms with van der Waals surface area (Å²) in [6.45, 7) is 7.53. The maximum Gasteiger partial charge on any atom is 0.319 e. The second kappa shape index (κ2) is 9.89. The van der Waals surface area contributed by atoms with E-state index < -0.39 is 11.6 Å². The standard InChI is InChI=1S/C27H33F2N7O3/c1-16(2)30-25(37)20-12-17-14-34(10-11-36(17)33-20)24-21-22(18(28)13-19(29)23(21)38-3)31-26(32-24)39-15-27-6-4-8-35(27)9-5-7-27/h12-13,16H,4-11,14-15H2,1-3H3,(H,30,37). The van der Waals surface area contributed by atoms with E-state index in [0.717, 1.165) is 50.5 Å². The predicted molar refractivity (Wildman–Crippen MR) is 140 cm³/mol. The van der Waals surface area contributed by atoms with Gasteiger partial charge in [0.05, 0.1) is 36.8 Å². The molecule has 2 fully saturated rings. The molecule has 0 atom stereocenters. The van der Waals surface area contributed by atoms with Crippen LogP contribution in [0.5, 0.6) is 11.8 Å². The Bertz CT molecular complexity index is 1420. The molecule has 0 unspecified atom stereocenters. The molecule has 0 bridgehead atoms. The van der Waals surface area contributed by atoms with Gasteiger partial charge in [0.15, 0.2) is 23.1 Å². The van der Waals surface area contributed by atoms with E-state index >= 15 is 4.39 Å². The van der Waals surface area contributed by atoms with E-state index in [4.69, 9.17) is 14.5 Å². The molecule has 3 aromatic rings. The fourth-order valence-electron chi connectivity index (χ4n) is 6.22. The largest absolute Gasteiger partial charge is 0.493 e. The molecule has 208 valence electrons. The van der Waals surface area contributed by atoms with Crippen LogP contribution in [0.15, 0.2) is 12.1 Å². The van der Waals surface area contributed by atoms with Crippen LogP contribution >= 0.6 is 0 Å². The summed E-state index contributed by atoms with van der Waals surface area (Å²) in [4.78, 5) is 26.0. The van der Waals surface area contributed by atoms with Crippen molar-refractivity contribution in [2.45, 2.75) is 64.2 Å². The van der Waals surface area contributed by atoms with Crippen molar-refractivity contribution in [1.29, 1.82) is 0 Å². The number of nitrogens with one attached hydrogen (secondary N) is 1. The number of benzene rings is 1. The van der Waals surface area contributed by atoms with Gasteiger partial charge in [0, 0.05) is 18.7 Å². The SMILES string of the molecule is COc1c(F)cc(F)c2nc(OCC34CCCN3CCC4)nc(N3CCn4nc(C(=O)NC(C)C)cc4C3)c12. The number of nitrogens with zero attached hydrogens (tertiary/aromatic N) is 6. The van der Waals surface area contributed by atoms with Crippen molar-refractivity contribution in [3.05, 3.63) is 35.2 Å². The highest BCUT2D eigenvalue weighted by Gasteiger charge is 2.45. The molecule has 10 nitrogen and oxygen atoms in total. The molecule has 12 heteroatoms. The number of halogens is 2. The first kappa shape index (κ1) is 25.7. The van der Waals surface area contributed by atoms with Crippen molar-refractivity contribution in [2.75, 3.05) is 38.3 Å². The summed E-state index contributed by atoms with van der Waals surface area (Å²) in [5.41, 5.74) is 1.01. The van der Waals surface area contributed by atoms with Gasteiger partial charge in [-0.15, -0.1) is 0 Å². The number of methoxy groups -OCH3 is 1. The highest BCUT2D eigenvalue weighted by molar-refractivity contribution is 5.96. The number of amides is 1. The third kappa shape index (κ3) is 4.54. The number of carbonyl (C=O) groups is 1. The van der Waals surface area contributed by atoms with Crippen LogP contribution < -0.4 is 19.7 Å². The van der Waals surface area contributed by atoms with Crippen molar-refractivity contribution < 1.29 is 23.0 Å². The van der Waals surface area contributed by atoms with E-state index in [0.29, 0.717) is 37.8 Å². The summed E-state index contributed by atoms with van der Waals surface area (Å²) in [5, 5.41) is 7.45. The number of anilines is 1. The maximum atomic E-state index is 15.2. The first-order valence-corrected chi connectivity index (χ1v) is 13.5. The second-order valence-electron chi connectivity index (χ2n) is 10.9. The number of hydrogen-bond acceptors (Lipinski definition) is 8. The summed E-state index contributed by atoms with van der Waals surface area (Å²) in [5.74, 6) is -1.70. The molecule has 0 aliphatic carbocycles. The van der Waals surface area contributed by atoms with Crippen LogP contribution in [0.3, 0.4) is 0 Å². The van der Waals surface area contributed by atoms with Crippen LogP contribution in [0.2, 0.25) is 0 Å². The van der Waals surface area contributed by atoms with Gasteiger partial charge in [-0.2, -0.15) is 15.1 Å². The van der Waals surface area contributed by atoms with Crippen LogP contribution in [-0.2, 0) is 13.1 Å². The van der Waals surface area contributed by atoms with E-state index in [1.165, 1.54) is 7.11 Å². The van der Waals surface area contributed by atoms with Gasteiger partial charge in [0.25, 0.3) is 5.91 Å². The van der Waals surface area contributed by atoms with Gasteiger partial charge in [-0.25, -0.2) is 8.78 Å². The lowest BCUT2D eigenvalue weighted by Gasteiger charge is -2.32. The molecule has 6 rings (SSSR count). The Hall–Kier alpha value is -3.54. The third-order valence-corrected chi connectivity index (χ3v) is 8.03. The van der Waals surface area contributed by atoms with E-state index in [2.05, 4.69) is 20.3 Å². The lowest BCUT2D eigenvalue weighted by molar-refractivity contribution is 0.0937. The molecule has 5 heterocycles. The van der Waals surface area contributed by atoms with Crippen molar-refractivity contribution in [1.82, 2.24) is 30.0 Å². The third-order valence-electron chi connectivity index (χ3n) is 8.03. The number of carbonyl (C=O) groups excluding carboxylic acids is 1. The zero-order valence-electron chi connectivity index (χ0n) is 22.5. The Morgan fingerprint density at radius 3 is 2.59 bits per heavy atom. The highest BCUT2D eigenvalue weighted by Crippen LogP contribution is 2.41. The summed E-state index contributed by atoms with van der Waals surface area (Å²) < 4.78 is 43.3. The monoisotopic (exact) mass is 541 g/mol. The molecule has 1 aromatic carbocycles. The quantitative estimate of drug-likeness (QED) is 0.487. The van der Waals surface area contributed by atoms with Crippen LogP contribution in [0.4, 0.5) is 14.6 Å². The van der Waals surface area contributed by atoms with E-state index in [9.17, 15) is 9.18 Å². The second-order valence-corrected chi connectivity index (χ2v) is 10.9. The summed E-state index contributed by atoms with van der Waals surface area (Å²) in [7, 11) is 1.34. The molecule has 0 spiro atoms. The van der Waals surface area contributed by atoms with Gasteiger partial charge < -0.3 is 19.7 Å². The maximum absolute atomic E-state index is 15.2. The van der Waals surface area contributed by atoms with Crippen molar-refractivity contribution in [3.8, 4) is 11.8 Å². The van der Waals surface area contributed by atoms with Gasteiger partial charge in [-0.05, 0) is 58.7 Å². The Labute approximate surface area is 225 Å². The van der Waals surface area contributed by atoms with Crippen LogP contribution in [-0.4, -0.2) is 75.5 Å². The molecule has 0 radical (unpaired) electrons. The minimum atomic E-state index is -0.831. The fraction of sp³-hybridized carbons (Fsp3) is 0.556. The number of ether oxygens (including phenoxy) is 2. The van der Waals surface area contributed by atoms with Crippen molar-refractivity contribution in [2.24, 2.45) is 0 Å². The molecule has 2 saturated heterocycles. The molecule has 1 N–H and O–H groups in total. The summed E-state index contributed by atoms with van der Waals surface area (Å²) in [6, 6.07) is 2.54. The lowest BCUT2D eigenvalue weighted by Crippen LogP contribution is -2.43. The van der Waals surface area contributed by atoms with Gasteiger partial charge in [0.2, 0.25) is 0 Å². The Morgan fingerprint density at radius 2 is 1.87 bits per heavy atom. The first-order valence-electron chi connectivity index (χ1n) is 13.5. The van der Waals surface area contributed by atoms with E-state index in [1.807, 2.05) is 18.7 Å².